The Kier molecular flexibility index (Phi) is 5.20. The minimum Gasteiger partial charge on any atom is -0.396 e. The summed E-state index contributed by atoms with van der Waals surface area (Å²) in [7, 11) is -0.595. The summed E-state index contributed by atoms with van der Waals surface area (Å²) in [6.45, 7) is 0.242. The van der Waals surface area contributed by atoms with Crippen LogP contribution in [0.3, 0.4) is 0 Å². The summed E-state index contributed by atoms with van der Waals surface area (Å²) >= 11 is 0. The minimum absolute atomic E-state index is 0.242. The lowest BCUT2D eigenvalue weighted by molar-refractivity contribution is 0.288. The molecule has 1 saturated heterocycles. The van der Waals surface area contributed by atoms with Gasteiger partial charge in [0.05, 0.1) is 0 Å². The quantitative estimate of drug-likeness (QED) is 0.857. The molecule has 1 aliphatic heterocycles. The molecule has 0 bridgehead atoms. The Morgan fingerprint density at radius 2 is 2.11 bits per heavy atom. The molecular formula is C14H21NO2S. The predicted molar refractivity (Wildman–Crippen MR) is 76.4 cm³/mol. The summed E-state index contributed by atoms with van der Waals surface area (Å²) in [6, 6.07) is 8.83. The van der Waals surface area contributed by atoms with Gasteiger partial charge in [-0.25, -0.2) is 0 Å². The Hall–Kier alpha value is -0.870. The van der Waals surface area contributed by atoms with E-state index in [9.17, 15) is 4.21 Å². The molecule has 0 amide bonds. The van der Waals surface area contributed by atoms with Crippen LogP contribution in [0.4, 0.5) is 5.69 Å². The van der Waals surface area contributed by atoms with E-state index >= 15 is 0 Å². The summed E-state index contributed by atoms with van der Waals surface area (Å²) in [5.41, 5.74) is 2.40. The molecule has 1 aromatic rings. The van der Waals surface area contributed by atoms with Crippen LogP contribution < -0.4 is 5.32 Å². The average molecular weight is 267 g/mol. The van der Waals surface area contributed by atoms with Crippen molar-refractivity contribution in [2.75, 3.05) is 23.4 Å². The normalized spacial score (nSPS) is 23.8. The largest absolute Gasteiger partial charge is 0.396 e. The van der Waals surface area contributed by atoms with Gasteiger partial charge in [0.2, 0.25) is 0 Å². The lowest BCUT2D eigenvalue weighted by Crippen LogP contribution is -2.29. The highest BCUT2D eigenvalue weighted by Crippen LogP contribution is 2.18. The third kappa shape index (κ3) is 4.10. The van der Waals surface area contributed by atoms with Crippen LogP contribution in [-0.4, -0.2) is 33.5 Å². The maximum Gasteiger partial charge on any atom is 0.0434 e. The summed E-state index contributed by atoms with van der Waals surface area (Å²) in [5.74, 6) is 1.64. The number of hydrogen-bond donors (Lipinski definition) is 2. The highest BCUT2D eigenvalue weighted by atomic mass is 32.2. The molecule has 1 aliphatic rings. The molecule has 0 unspecified atom stereocenters. The van der Waals surface area contributed by atoms with Gasteiger partial charge >= 0.3 is 0 Å². The Morgan fingerprint density at radius 1 is 1.33 bits per heavy atom. The molecule has 3 nitrogen and oxygen atoms in total. The smallest absolute Gasteiger partial charge is 0.0434 e. The fraction of sp³-hybridized carbons (Fsp3) is 0.571. The van der Waals surface area contributed by atoms with E-state index in [1.54, 1.807) is 0 Å². The van der Waals surface area contributed by atoms with Gasteiger partial charge in [-0.05, 0) is 43.4 Å². The number of anilines is 1. The predicted octanol–water partition coefficient (Wildman–Crippen LogP) is 1.93. The van der Waals surface area contributed by atoms with Crippen LogP contribution in [0.5, 0.6) is 0 Å². The van der Waals surface area contributed by atoms with Gasteiger partial charge in [-0.1, -0.05) is 12.1 Å². The summed E-state index contributed by atoms with van der Waals surface area (Å²) < 4.78 is 11.3. The van der Waals surface area contributed by atoms with Gasteiger partial charge in [-0.3, -0.25) is 4.21 Å². The van der Waals surface area contributed by atoms with Crippen molar-refractivity contribution in [3.05, 3.63) is 29.8 Å². The van der Waals surface area contributed by atoms with Crippen molar-refractivity contribution in [2.45, 2.75) is 31.7 Å². The molecule has 1 aromatic carbocycles. The molecule has 0 atom stereocenters. The molecule has 100 valence electrons. The molecule has 18 heavy (non-hydrogen) atoms. The van der Waals surface area contributed by atoms with E-state index in [2.05, 4.69) is 29.6 Å². The molecule has 0 saturated carbocycles. The highest BCUT2D eigenvalue weighted by molar-refractivity contribution is 7.85. The first kappa shape index (κ1) is 13.6. The van der Waals surface area contributed by atoms with Crippen LogP contribution in [0.25, 0.3) is 0 Å². The number of aliphatic hydroxyl groups excluding tert-OH is 1. The van der Waals surface area contributed by atoms with Crippen molar-refractivity contribution in [1.29, 1.82) is 0 Å². The van der Waals surface area contributed by atoms with Crippen molar-refractivity contribution >= 4 is 16.5 Å². The third-order valence-electron chi connectivity index (χ3n) is 3.31. The van der Waals surface area contributed by atoms with Crippen molar-refractivity contribution in [3.63, 3.8) is 0 Å². The fourth-order valence-electron chi connectivity index (χ4n) is 2.27. The zero-order chi connectivity index (χ0) is 12.8. The monoisotopic (exact) mass is 267 g/mol. The lowest BCUT2D eigenvalue weighted by Gasteiger charge is -2.23. The molecule has 0 spiro atoms. The molecular weight excluding hydrogens is 246 g/mol. The second kappa shape index (κ2) is 6.90. The third-order valence-corrected chi connectivity index (χ3v) is 4.69. The SMILES string of the molecule is O=S1CCC(Nc2cccc(CCCO)c2)CC1. The van der Waals surface area contributed by atoms with Crippen molar-refractivity contribution < 1.29 is 9.32 Å². The van der Waals surface area contributed by atoms with Crippen LogP contribution in [0.2, 0.25) is 0 Å². The van der Waals surface area contributed by atoms with Gasteiger partial charge in [0.25, 0.3) is 0 Å². The zero-order valence-corrected chi connectivity index (χ0v) is 11.4. The topological polar surface area (TPSA) is 49.3 Å². The zero-order valence-electron chi connectivity index (χ0n) is 10.6. The first-order valence-corrected chi connectivity index (χ1v) is 8.08. The Bertz CT molecular complexity index is 399. The van der Waals surface area contributed by atoms with E-state index in [1.165, 1.54) is 5.56 Å². The van der Waals surface area contributed by atoms with E-state index < -0.39 is 10.8 Å². The Balaban J connectivity index is 1.90. The number of aliphatic hydroxyl groups is 1. The van der Waals surface area contributed by atoms with Crippen LogP contribution >= 0.6 is 0 Å². The van der Waals surface area contributed by atoms with Crippen LogP contribution in [0.1, 0.15) is 24.8 Å². The maximum absolute atomic E-state index is 11.3. The van der Waals surface area contributed by atoms with Crippen LogP contribution in [-0.2, 0) is 17.2 Å². The summed E-state index contributed by atoms with van der Waals surface area (Å²) in [6.07, 6.45) is 3.72. The Labute approximate surface area is 111 Å². The molecule has 2 rings (SSSR count). The average Bonchev–Trinajstić information content (AvgIpc) is 2.40. The van der Waals surface area contributed by atoms with Crippen molar-refractivity contribution in [2.24, 2.45) is 0 Å². The standard InChI is InChI=1S/C14H21NO2S/c16-8-2-4-12-3-1-5-14(11-12)15-13-6-9-18(17)10-7-13/h1,3,5,11,13,15-16H,2,4,6-10H2. The van der Waals surface area contributed by atoms with Gasteiger partial charge in [0, 0.05) is 40.6 Å². The molecule has 1 heterocycles. The van der Waals surface area contributed by atoms with E-state index in [0.29, 0.717) is 6.04 Å². The lowest BCUT2D eigenvalue weighted by atomic mass is 10.1. The van der Waals surface area contributed by atoms with Gasteiger partial charge in [-0.15, -0.1) is 0 Å². The molecule has 0 aromatic heterocycles. The molecule has 4 heteroatoms. The number of benzene rings is 1. The van der Waals surface area contributed by atoms with E-state index in [0.717, 1.165) is 42.9 Å². The number of aryl methyl sites for hydroxylation is 1. The fourth-order valence-corrected chi connectivity index (χ4v) is 3.57. The van der Waals surface area contributed by atoms with Gasteiger partial charge < -0.3 is 10.4 Å². The summed E-state index contributed by atoms with van der Waals surface area (Å²) in [5, 5.41) is 12.4. The van der Waals surface area contributed by atoms with E-state index in [-0.39, 0.29) is 6.61 Å². The molecule has 0 aliphatic carbocycles. The Morgan fingerprint density at radius 3 is 2.83 bits per heavy atom. The molecule has 0 radical (unpaired) electrons. The van der Waals surface area contributed by atoms with Gasteiger partial charge in [-0.2, -0.15) is 0 Å². The van der Waals surface area contributed by atoms with Crippen LogP contribution in [0.15, 0.2) is 24.3 Å². The van der Waals surface area contributed by atoms with Crippen LogP contribution in [0, 0.1) is 0 Å². The van der Waals surface area contributed by atoms with E-state index in [4.69, 9.17) is 5.11 Å². The molecule has 1 fully saturated rings. The number of hydrogen-bond acceptors (Lipinski definition) is 3. The summed E-state index contributed by atoms with van der Waals surface area (Å²) in [4.78, 5) is 0. The highest BCUT2D eigenvalue weighted by Gasteiger charge is 2.17. The second-order valence-corrected chi connectivity index (χ2v) is 6.49. The minimum atomic E-state index is -0.595. The van der Waals surface area contributed by atoms with Crippen molar-refractivity contribution in [3.8, 4) is 0 Å². The van der Waals surface area contributed by atoms with Gasteiger partial charge in [0.15, 0.2) is 0 Å². The van der Waals surface area contributed by atoms with Gasteiger partial charge in [0.1, 0.15) is 0 Å². The first-order chi connectivity index (χ1) is 8.78. The van der Waals surface area contributed by atoms with E-state index in [1.807, 2.05) is 0 Å². The maximum atomic E-state index is 11.3. The second-order valence-electron chi connectivity index (χ2n) is 4.79. The number of rotatable bonds is 5. The molecule has 2 N–H and O–H groups in total. The first-order valence-electron chi connectivity index (χ1n) is 6.59. The number of nitrogens with one attached hydrogen (secondary N) is 1. The van der Waals surface area contributed by atoms with Crippen molar-refractivity contribution in [1.82, 2.24) is 0 Å².